The summed E-state index contributed by atoms with van der Waals surface area (Å²) < 4.78 is 29.0. The molecule has 1 atom stereocenters. The summed E-state index contributed by atoms with van der Waals surface area (Å²) in [6, 6.07) is 0.618. The van der Waals surface area contributed by atoms with Crippen LogP contribution in [0, 0.1) is 0 Å². The maximum atomic E-state index is 12.3. The van der Waals surface area contributed by atoms with E-state index in [0.29, 0.717) is 12.6 Å². The third kappa shape index (κ3) is 5.28. The molecule has 0 aromatic carbocycles. The van der Waals surface area contributed by atoms with Gasteiger partial charge in [0, 0.05) is 30.6 Å². The van der Waals surface area contributed by atoms with Gasteiger partial charge in [-0.2, -0.15) is 16.9 Å². The summed E-state index contributed by atoms with van der Waals surface area (Å²) in [5, 5.41) is 7.51. The van der Waals surface area contributed by atoms with E-state index in [4.69, 9.17) is 0 Å². The Morgan fingerprint density at radius 2 is 2.29 bits per heavy atom. The van der Waals surface area contributed by atoms with E-state index in [2.05, 4.69) is 15.1 Å². The lowest BCUT2D eigenvalue weighted by atomic mass is 10.3. The molecular formula is C13H24N4O2S2. The van der Waals surface area contributed by atoms with Crippen molar-refractivity contribution in [2.24, 2.45) is 0 Å². The van der Waals surface area contributed by atoms with Crippen molar-refractivity contribution in [2.75, 3.05) is 18.6 Å². The number of sulfonamides is 1. The SMILES string of the molecule is CCC(CSC)NS(=O)(=O)c1cnn(CCNC2CC2)c1. The van der Waals surface area contributed by atoms with Gasteiger partial charge in [-0.15, -0.1) is 0 Å². The quantitative estimate of drug-likeness (QED) is 0.670. The predicted octanol–water partition coefficient (Wildman–Crippen LogP) is 1.06. The fourth-order valence-corrected chi connectivity index (χ4v) is 4.10. The van der Waals surface area contributed by atoms with Crippen LogP contribution in [-0.4, -0.2) is 48.8 Å². The van der Waals surface area contributed by atoms with E-state index in [1.807, 2.05) is 13.2 Å². The highest BCUT2D eigenvalue weighted by molar-refractivity contribution is 7.98. The van der Waals surface area contributed by atoms with Gasteiger partial charge in [0.2, 0.25) is 10.0 Å². The Labute approximate surface area is 131 Å². The van der Waals surface area contributed by atoms with Crippen LogP contribution in [0.25, 0.3) is 0 Å². The molecule has 0 aliphatic heterocycles. The zero-order valence-electron chi connectivity index (χ0n) is 12.6. The van der Waals surface area contributed by atoms with Crippen molar-refractivity contribution in [2.45, 2.75) is 49.7 Å². The van der Waals surface area contributed by atoms with E-state index in [9.17, 15) is 8.42 Å². The van der Waals surface area contributed by atoms with Crippen molar-refractivity contribution < 1.29 is 8.42 Å². The number of rotatable bonds is 10. The molecule has 1 aliphatic rings. The molecule has 0 amide bonds. The maximum Gasteiger partial charge on any atom is 0.243 e. The second kappa shape index (κ2) is 7.62. The Kier molecular flexibility index (Phi) is 6.09. The third-order valence-corrected chi connectivity index (χ3v) is 5.66. The zero-order valence-corrected chi connectivity index (χ0v) is 14.2. The maximum absolute atomic E-state index is 12.3. The topological polar surface area (TPSA) is 76.0 Å². The van der Waals surface area contributed by atoms with Crippen LogP contribution in [0.3, 0.4) is 0 Å². The molecule has 1 heterocycles. The smallest absolute Gasteiger partial charge is 0.243 e. The van der Waals surface area contributed by atoms with Crippen LogP contribution < -0.4 is 10.0 Å². The standard InChI is InChI=1S/C13H24N4O2S2/c1-3-11(10-20-2)16-21(18,19)13-8-15-17(9-13)7-6-14-12-4-5-12/h8-9,11-12,14,16H,3-7,10H2,1-2H3. The summed E-state index contributed by atoms with van der Waals surface area (Å²) in [5.41, 5.74) is 0. The Bertz CT molecular complexity index is 540. The van der Waals surface area contributed by atoms with E-state index >= 15 is 0 Å². The van der Waals surface area contributed by atoms with E-state index in [1.165, 1.54) is 19.0 Å². The van der Waals surface area contributed by atoms with Crippen molar-refractivity contribution in [3.05, 3.63) is 12.4 Å². The minimum Gasteiger partial charge on any atom is -0.312 e. The largest absolute Gasteiger partial charge is 0.312 e. The van der Waals surface area contributed by atoms with Gasteiger partial charge in [0.15, 0.2) is 0 Å². The number of nitrogens with zero attached hydrogens (tertiary/aromatic N) is 2. The molecule has 1 aliphatic carbocycles. The molecule has 0 bridgehead atoms. The van der Waals surface area contributed by atoms with Crippen molar-refractivity contribution in [1.29, 1.82) is 0 Å². The van der Waals surface area contributed by atoms with Gasteiger partial charge in [0.1, 0.15) is 4.90 Å². The lowest BCUT2D eigenvalue weighted by Crippen LogP contribution is -2.36. The van der Waals surface area contributed by atoms with Crippen molar-refractivity contribution in [1.82, 2.24) is 19.8 Å². The molecule has 1 aromatic rings. The molecule has 1 aromatic heterocycles. The first-order valence-corrected chi connectivity index (χ1v) is 10.2. The first kappa shape index (κ1) is 16.8. The lowest BCUT2D eigenvalue weighted by Gasteiger charge is -2.14. The number of aromatic nitrogens is 2. The van der Waals surface area contributed by atoms with Crippen molar-refractivity contribution in [3.63, 3.8) is 0 Å². The minimum atomic E-state index is -3.47. The fourth-order valence-electron chi connectivity index (χ4n) is 2.00. The lowest BCUT2D eigenvalue weighted by molar-refractivity contribution is 0.549. The van der Waals surface area contributed by atoms with Gasteiger partial charge in [-0.1, -0.05) is 6.92 Å². The second-order valence-electron chi connectivity index (χ2n) is 5.35. The summed E-state index contributed by atoms with van der Waals surface area (Å²) in [7, 11) is -3.47. The molecule has 0 spiro atoms. The van der Waals surface area contributed by atoms with Crippen LogP contribution in [0.15, 0.2) is 17.3 Å². The average molecular weight is 332 g/mol. The molecule has 2 rings (SSSR count). The Balaban J connectivity index is 1.90. The van der Waals surface area contributed by atoms with Gasteiger partial charge < -0.3 is 5.32 Å². The number of hydrogen-bond donors (Lipinski definition) is 2. The van der Waals surface area contributed by atoms with Gasteiger partial charge in [-0.05, 0) is 25.5 Å². The van der Waals surface area contributed by atoms with Crippen LogP contribution in [-0.2, 0) is 16.6 Å². The van der Waals surface area contributed by atoms with E-state index in [-0.39, 0.29) is 10.9 Å². The summed E-state index contributed by atoms with van der Waals surface area (Å²) in [6.07, 6.45) is 8.27. The zero-order chi connectivity index (χ0) is 15.3. The van der Waals surface area contributed by atoms with Crippen LogP contribution in [0.5, 0.6) is 0 Å². The third-order valence-electron chi connectivity index (χ3n) is 3.45. The minimum absolute atomic E-state index is 0.0371. The molecule has 21 heavy (non-hydrogen) atoms. The first-order chi connectivity index (χ1) is 10.0. The van der Waals surface area contributed by atoms with Crippen LogP contribution in [0.2, 0.25) is 0 Å². The fraction of sp³-hybridized carbons (Fsp3) is 0.769. The van der Waals surface area contributed by atoms with Crippen LogP contribution >= 0.6 is 11.8 Å². The Morgan fingerprint density at radius 1 is 1.52 bits per heavy atom. The van der Waals surface area contributed by atoms with Gasteiger partial charge >= 0.3 is 0 Å². The van der Waals surface area contributed by atoms with E-state index in [0.717, 1.165) is 18.7 Å². The van der Waals surface area contributed by atoms with Crippen LogP contribution in [0.1, 0.15) is 26.2 Å². The molecule has 0 saturated heterocycles. The average Bonchev–Trinajstić information content (AvgIpc) is 3.13. The summed E-state index contributed by atoms with van der Waals surface area (Å²) in [6.45, 7) is 3.49. The van der Waals surface area contributed by atoms with Gasteiger partial charge in [0.25, 0.3) is 0 Å². The number of thioether (sulfide) groups is 1. The molecule has 1 saturated carbocycles. The number of hydrogen-bond acceptors (Lipinski definition) is 5. The predicted molar refractivity (Wildman–Crippen MR) is 86.0 cm³/mol. The monoisotopic (exact) mass is 332 g/mol. The molecule has 1 unspecified atom stereocenters. The molecule has 8 heteroatoms. The second-order valence-corrected chi connectivity index (χ2v) is 7.97. The van der Waals surface area contributed by atoms with E-state index in [1.54, 1.807) is 22.6 Å². The van der Waals surface area contributed by atoms with Gasteiger partial charge in [-0.25, -0.2) is 13.1 Å². The normalized spacial score (nSPS) is 17.0. The molecule has 2 N–H and O–H groups in total. The molecule has 0 radical (unpaired) electrons. The van der Waals surface area contributed by atoms with Crippen molar-refractivity contribution in [3.8, 4) is 0 Å². The van der Waals surface area contributed by atoms with Gasteiger partial charge in [0.05, 0.1) is 12.7 Å². The van der Waals surface area contributed by atoms with Crippen molar-refractivity contribution >= 4 is 21.8 Å². The molecular weight excluding hydrogens is 308 g/mol. The summed E-state index contributed by atoms with van der Waals surface area (Å²) >= 11 is 1.64. The first-order valence-electron chi connectivity index (χ1n) is 7.32. The highest BCUT2D eigenvalue weighted by Gasteiger charge is 2.21. The Hall–Kier alpha value is -0.570. The summed E-state index contributed by atoms with van der Waals surface area (Å²) in [5.74, 6) is 0.773. The highest BCUT2D eigenvalue weighted by atomic mass is 32.2. The summed E-state index contributed by atoms with van der Waals surface area (Å²) in [4.78, 5) is 0.244. The number of nitrogens with one attached hydrogen (secondary N) is 2. The van der Waals surface area contributed by atoms with Gasteiger partial charge in [-0.3, -0.25) is 4.68 Å². The molecule has 1 fully saturated rings. The highest BCUT2D eigenvalue weighted by Crippen LogP contribution is 2.18. The van der Waals surface area contributed by atoms with E-state index < -0.39 is 10.0 Å². The van der Waals surface area contributed by atoms with Crippen LogP contribution in [0.4, 0.5) is 0 Å². The molecule has 120 valence electrons. The molecule has 6 nitrogen and oxygen atoms in total. The Morgan fingerprint density at radius 3 is 2.90 bits per heavy atom.